The molecule has 0 spiro atoms. The summed E-state index contributed by atoms with van der Waals surface area (Å²) in [5.74, 6) is -0.337. The van der Waals surface area contributed by atoms with Crippen LogP contribution in [0, 0.1) is 0 Å². The molecule has 0 bridgehead atoms. The lowest BCUT2D eigenvalue weighted by molar-refractivity contribution is 0.0370. The summed E-state index contributed by atoms with van der Waals surface area (Å²) in [6.45, 7) is 17.6. The molecule has 194 valence electrons. The summed E-state index contributed by atoms with van der Waals surface area (Å²) in [7, 11) is 0. The molecule has 6 nitrogen and oxygen atoms in total. The zero-order valence-electron chi connectivity index (χ0n) is 23.1. The highest BCUT2D eigenvalue weighted by atomic mass is 16.2. The van der Waals surface area contributed by atoms with Crippen molar-refractivity contribution in [1.82, 2.24) is 15.5 Å². The summed E-state index contributed by atoms with van der Waals surface area (Å²) in [6.07, 6.45) is 3.46. The largest absolute Gasteiger partial charge is 0.382 e. The Morgan fingerprint density at radius 1 is 0.722 bits per heavy atom. The number of nitrogens with one attached hydrogen (secondary N) is 3. The van der Waals surface area contributed by atoms with Crippen LogP contribution in [0.3, 0.4) is 0 Å². The van der Waals surface area contributed by atoms with Crippen molar-refractivity contribution in [2.75, 3.05) is 5.32 Å². The van der Waals surface area contributed by atoms with Gasteiger partial charge in [-0.05, 0) is 99.3 Å². The molecule has 0 saturated carbocycles. The van der Waals surface area contributed by atoms with Gasteiger partial charge in [-0.25, -0.2) is 0 Å². The molecule has 2 saturated heterocycles. The van der Waals surface area contributed by atoms with Gasteiger partial charge in [0.1, 0.15) is 0 Å². The van der Waals surface area contributed by atoms with Crippen LogP contribution in [0.4, 0.5) is 5.69 Å². The third-order valence-electron chi connectivity index (χ3n) is 8.02. The predicted octanol–water partition coefficient (Wildman–Crippen LogP) is 5.47. The van der Waals surface area contributed by atoms with Crippen molar-refractivity contribution in [2.24, 2.45) is 0 Å². The molecule has 5 rings (SSSR count). The van der Waals surface area contributed by atoms with Crippen LogP contribution in [-0.4, -0.2) is 51.0 Å². The van der Waals surface area contributed by atoms with Crippen LogP contribution in [-0.2, 0) is 0 Å². The fraction of sp³-hybridized carbons (Fsp3) is 0.600. The van der Waals surface area contributed by atoms with Gasteiger partial charge in [0, 0.05) is 61.8 Å². The first-order valence-electron chi connectivity index (χ1n) is 13.4. The Balaban J connectivity index is 1.52. The minimum atomic E-state index is -0.169. The number of hydrogen-bond acceptors (Lipinski definition) is 5. The molecule has 2 amide bonds. The van der Waals surface area contributed by atoms with Crippen molar-refractivity contribution in [3.63, 3.8) is 0 Å². The number of carbonyl (C=O) groups excluding carboxylic acids is 2. The molecule has 6 heteroatoms. The van der Waals surface area contributed by atoms with Gasteiger partial charge in [-0.2, -0.15) is 0 Å². The molecule has 36 heavy (non-hydrogen) atoms. The topological polar surface area (TPSA) is 73.5 Å². The van der Waals surface area contributed by atoms with Crippen molar-refractivity contribution in [2.45, 2.75) is 115 Å². The van der Waals surface area contributed by atoms with Crippen LogP contribution >= 0.6 is 0 Å². The zero-order valence-corrected chi connectivity index (χ0v) is 23.1. The first-order chi connectivity index (χ1) is 16.6. The van der Waals surface area contributed by atoms with Crippen molar-refractivity contribution < 1.29 is 9.59 Å². The summed E-state index contributed by atoms with van der Waals surface area (Å²) in [5, 5.41) is 12.9. The molecule has 3 N–H and O–H groups in total. The maximum atomic E-state index is 13.9. The molecule has 0 radical (unpaired) electrons. The third-order valence-corrected chi connectivity index (χ3v) is 8.02. The van der Waals surface area contributed by atoms with Gasteiger partial charge < -0.3 is 16.0 Å². The monoisotopic (exact) mass is 490 g/mol. The van der Waals surface area contributed by atoms with Gasteiger partial charge in [-0.15, -0.1) is 0 Å². The highest BCUT2D eigenvalue weighted by Gasteiger charge is 2.46. The number of imide groups is 1. The highest BCUT2D eigenvalue weighted by molar-refractivity contribution is 6.27. The molecule has 2 fully saturated rings. The van der Waals surface area contributed by atoms with Crippen LogP contribution in [0.25, 0.3) is 10.8 Å². The molecule has 0 aromatic heterocycles. The Hall–Kier alpha value is -2.44. The van der Waals surface area contributed by atoms with Crippen LogP contribution < -0.4 is 16.0 Å². The van der Waals surface area contributed by atoms with Gasteiger partial charge in [-0.1, -0.05) is 12.1 Å². The van der Waals surface area contributed by atoms with Gasteiger partial charge in [-0.3, -0.25) is 14.5 Å². The normalized spacial score (nSPS) is 25.3. The van der Waals surface area contributed by atoms with E-state index < -0.39 is 0 Å². The molecule has 2 aromatic rings. The Morgan fingerprint density at radius 2 is 1.22 bits per heavy atom. The maximum absolute atomic E-state index is 13.9. The molecule has 3 heterocycles. The molecule has 0 aliphatic carbocycles. The Labute approximate surface area is 215 Å². The SMILES string of the molecule is CC1(C)CC(Nc2ccc3c4c(cccc24)C(=O)N(C2CC(C)(C)NC(C)(C)C2)C3=O)CC(C)(C)N1. The summed E-state index contributed by atoms with van der Waals surface area (Å²) in [4.78, 5) is 29.3. The zero-order chi connectivity index (χ0) is 26.3. The van der Waals surface area contributed by atoms with Crippen molar-refractivity contribution in [3.05, 3.63) is 41.5 Å². The molecule has 0 unspecified atom stereocenters. The van der Waals surface area contributed by atoms with E-state index in [1.807, 2.05) is 30.3 Å². The smallest absolute Gasteiger partial charge is 0.261 e. The van der Waals surface area contributed by atoms with Crippen molar-refractivity contribution >= 4 is 28.3 Å². The average molecular weight is 491 g/mol. The summed E-state index contributed by atoms with van der Waals surface area (Å²) in [5.41, 5.74) is 1.97. The Morgan fingerprint density at radius 3 is 1.78 bits per heavy atom. The lowest BCUT2D eigenvalue weighted by atomic mass is 9.78. The summed E-state index contributed by atoms with van der Waals surface area (Å²) in [6, 6.07) is 9.97. The van der Waals surface area contributed by atoms with Gasteiger partial charge >= 0.3 is 0 Å². The van der Waals surface area contributed by atoms with E-state index >= 15 is 0 Å². The molecular formula is C30H42N4O2. The predicted molar refractivity (Wildman–Crippen MR) is 147 cm³/mol. The molecule has 0 atom stereocenters. The number of rotatable bonds is 3. The van der Waals surface area contributed by atoms with Crippen LogP contribution in [0.5, 0.6) is 0 Å². The van der Waals surface area contributed by atoms with Crippen LogP contribution in [0.15, 0.2) is 30.3 Å². The first-order valence-corrected chi connectivity index (χ1v) is 13.4. The average Bonchev–Trinajstić information content (AvgIpc) is 2.68. The van der Waals surface area contributed by atoms with Gasteiger partial charge in [0.15, 0.2) is 0 Å². The molecule has 3 aliphatic rings. The number of piperidine rings is 2. The number of benzene rings is 2. The van der Waals surface area contributed by atoms with E-state index in [2.05, 4.69) is 71.3 Å². The van der Waals surface area contributed by atoms with Crippen molar-refractivity contribution in [1.29, 1.82) is 0 Å². The minimum Gasteiger partial charge on any atom is -0.382 e. The van der Waals surface area contributed by atoms with E-state index in [-0.39, 0.29) is 40.0 Å². The molecule has 3 aliphatic heterocycles. The van der Waals surface area contributed by atoms with E-state index in [1.54, 1.807) is 4.90 Å². The van der Waals surface area contributed by atoms with E-state index in [4.69, 9.17) is 0 Å². The summed E-state index contributed by atoms with van der Waals surface area (Å²) >= 11 is 0. The van der Waals surface area contributed by atoms with E-state index in [9.17, 15) is 9.59 Å². The third kappa shape index (κ3) is 4.54. The Kier molecular flexibility index (Phi) is 5.62. The maximum Gasteiger partial charge on any atom is 0.261 e. The van der Waals surface area contributed by atoms with E-state index in [0.717, 1.165) is 42.1 Å². The standard InChI is InChI=1S/C30H42N4O2/c1-27(2)14-18(15-28(3,4)32-27)31-23-13-12-22-24-20(23)10-9-11-21(24)25(35)34(26(22)36)19-16-29(5,6)33-30(7,8)17-19/h9-13,18-19,31-33H,14-17H2,1-8H3. The fourth-order valence-corrected chi connectivity index (χ4v) is 7.67. The van der Waals surface area contributed by atoms with Crippen LogP contribution in [0.1, 0.15) is 102 Å². The number of carbonyl (C=O) groups is 2. The quantitative estimate of drug-likeness (QED) is 0.498. The second-order valence-corrected chi connectivity index (χ2v) is 14.0. The molecule has 2 aromatic carbocycles. The van der Waals surface area contributed by atoms with Gasteiger partial charge in [0.25, 0.3) is 11.8 Å². The lowest BCUT2D eigenvalue weighted by Gasteiger charge is -2.49. The van der Waals surface area contributed by atoms with E-state index in [1.165, 1.54) is 0 Å². The number of nitrogens with zero attached hydrogens (tertiary/aromatic N) is 1. The van der Waals surface area contributed by atoms with Gasteiger partial charge in [0.05, 0.1) is 0 Å². The number of hydrogen-bond donors (Lipinski definition) is 3. The summed E-state index contributed by atoms with van der Waals surface area (Å²) < 4.78 is 0. The van der Waals surface area contributed by atoms with E-state index in [0.29, 0.717) is 17.2 Å². The number of anilines is 1. The van der Waals surface area contributed by atoms with Crippen LogP contribution in [0.2, 0.25) is 0 Å². The van der Waals surface area contributed by atoms with Gasteiger partial charge in [0.2, 0.25) is 0 Å². The second-order valence-electron chi connectivity index (χ2n) is 14.0. The fourth-order valence-electron chi connectivity index (χ4n) is 7.67. The second kappa shape index (κ2) is 8.03. The minimum absolute atomic E-state index is 0.0224. The number of amides is 2. The highest BCUT2D eigenvalue weighted by Crippen LogP contribution is 2.40. The lowest BCUT2D eigenvalue weighted by Crippen LogP contribution is -2.63. The molecular weight excluding hydrogens is 448 g/mol. The first kappa shape index (κ1) is 25.2. The Bertz CT molecular complexity index is 1190. The van der Waals surface area contributed by atoms with Crippen molar-refractivity contribution in [3.8, 4) is 0 Å².